The van der Waals surface area contributed by atoms with Gasteiger partial charge in [-0.3, -0.25) is 25.2 Å². The molecule has 0 saturated heterocycles. The second-order valence-corrected chi connectivity index (χ2v) is 8.63. The van der Waals surface area contributed by atoms with Crippen LogP contribution in [0.4, 0.5) is 10.1 Å². The molecular formula is C21H17ClFN3O4S. The highest BCUT2D eigenvalue weighted by Crippen LogP contribution is 2.19. The van der Waals surface area contributed by atoms with Gasteiger partial charge < -0.3 is 0 Å². The standard InChI is InChI=1S/C21H17ClFN3O4S/c1-13-12-18(10-11-19(13)23)31(29,30)26-17-8-4-15(5-9-17)21(28)25-24-20(27)14-2-6-16(22)7-3-14/h2-12,26H,1H3,(H,24,27)(H,25,28). The van der Waals surface area contributed by atoms with E-state index in [4.69, 9.17) is 11.6 Å². The number of anilines is 1. The number of carbonyl (C=O) groups excluding carboxylic acids is 2. The second-order valence-electron chi connectivity index (χ2n) is 6.51. The summed E-state index contributed by atoms with van der Waals surface area (Å²) >= 11 is 5.77. The second kappa shape index (κ2) is 9.15. The van der Waals surface area contributed by atoms with E-state index in [0.29, 0.717) is 10.6 Å². The molecule has 0 spiro atoms. The van der Waals surface area contributed by atoms with E-state index < -0.39 is 27.7 Å². The van der Waals surface area contributed by atoms with Gasteiger partial charge in [0.15, 0.2) is 0 Å². The lowest BCUT2D eigenvalue weighted by atomic mass is 10.2. The van der Waals surface area contributed by atoms with Crippen LogP contribution < -0.4 is 15.6 Å². The van der Waals surface area contributed by atoms with Gasteiger partial charge in [0, 0.05) is 21.8 Å². The quantitative estimate of drug-likeness (QED) is 0.504. The number of sulfonamides is 1. The Morgan fingerprint density at radius 1 is 0.839 bits per heavy atom. The first kappa shape index (κ1) is 22.3. The molecule has 31 heavy (non-hydrogen) atoms. The average molecular weight is 462 g/mol. The molecule has 3 aromatic rings. The molecule has 0 fully saturated rings. The van der Waals surface area contributed by atoms with Crippen molar-refractivity contribution in [3.8, 4) is 0 Å². The van der Waals surface area contributed by atoms with Crippen LogP contribution in [0.2, 0.25) is 5.02 Å². The Morgan fingerprint density at radius 2 is 1.35 bits per heavy atom. The first-order valence-corrected chi connectivity index (χ1v) is 10.8. The molecule has 3 aromatic carbocycles. The molecule has 0 aliphatic carbocycles. The van der Waals surface area contributed by atoms with Crippen LogP contribution in [0.25, 0.3) is 0 Å². The van der Waals surface area contributed by atoms with Crippen molar-refractivity contribution < 1.29 is 22.4 Å². The molecule has 0 bridgehead atoms. The van der Waals surface area contributed by atoms with Gasteiger partial charge in [0.25, 0.3) is 21.8 Å². The van der Waals surface area contributed by atoms with Gasteiger partial charge in [0.2, 0.25) is 0 Å². The zero-order chi connectivity index (χ0) is 22.6. The highest BCUT2D eigenvalue weighted by atomic mass is 35.5. The fraction of sp³-hybridized carbons (Fsp3) is 0.0476. The van der Waals surface area contributed by atoms with Crippen molar-refractivity contribution in [3.63, 3.8) is 0 Å². The van der Waals surface area contributed by atoms with Crippen LogP contribution in [0.15, 0.2) is 71.6 Å². The third kappa shape index (κ3) is 5.59. The predicted octanol–water partition coefficient (Wildman–Crippen LogP) is 3.66. The number of nitrogens with one attached hydrogen (secondary N) is 3. The normalized spacial score (nSPS) is 10.9. The van der Waals surface area contributed by atoms with Crippen LogP contribution in [0, 0.1) is 12.7 Å². The number of hydrogen-bond donors (Lipinski definition) is 3. The lowest BCUT2D eigenvalue weighted by Gasteiger charge is -2.10. The molecule has 0 aliphatic heterocycles. The molecule has 2 amide bonds. The van der Waals surface area contributed by atoms with Crippen molar-refractivity contribution in [2.45, 2.75) is 11.8 Å². The van der Waals surface area contributed by atoms with E-state index in [1.807, 2.05) is 0 Å². The first-order chi connectivity index (χ1) is 14.7. The third-order valence-electron chi connectivity index (χ3n) is 4.23. The highest BCUT2D eigenvalue weighted by Gasteiger charge is 2.16. The Bertz CT molecular complexity index is 1230. The monoisotopic (exact) mass is 461 g/mol. The van der Waals surface area contributed by atoms with Crippen molar-refractivity contribution in [1.82, 2.24) is 10.9 Å². The predicted molar refractivity (Wildman–Crippen MR) is 115 cm³/mol. The summed E-state index contributed by atoms with van der Waals surface area (Å²) in [5.41, 5.74) is 5.47. The van der Waals surface area contributed by atoms with E-state index >= 15 is 0 Å². The van der Waals surface area contributed by atoms with E-state index in [0.717, 1.165) is 12.1 Å². The minimum absolute atomic E-state index is 0.0851. The fourth-order valence-electron chi connectivity index (χ4n) is 2.55. The number of aryl methyl sites for hydroxylation is 1. The molecule has 3 N–H and O–H groups in total. The number of amides is 2. The molecule has 10 heteroatoms. The molecule has 0 aromatic heterocycles. The summed E-state index contributed by atoms with van der Waals surface area (Å²) in [7, 11) is -3.92. The highest BCUT2D eigenvalue weighted by molar-refractivity contribution is 7.92. The van der Waals surface area contributed by atoms with Gasteiger partial charge in [-0.2, -0.15) is 0 Å². The molecule has 160 valence electrons. The van der Waals surface area contributed by atoms with Crippen LogP contribution >= 0.6 is 11.6 Å². The van der Waals surface area contributed by atoms with E-state index in [9.17, 15) is 22.4 Å². The number of rotatable bonds is 5. The molecule has 0 aliphatic rings. The SMILES string of the molecule is Cc1cc(S(=O)(=O)Nc2ccc(C(=O)NNC(=O)c3ccc(Cl)cc3)cc2)ccc1F. The maximum atomic E-state index is 13.4. The minimum atomic E-state index is -3.92. The Balaban J connectivity index is 1.62. The van der Waals surface area contributed by atoms with E-state index in [-0.39, 0.29) is 21.7 Å². The molecule has 0 atom stereocenters. The summed E-state index contributed by atoms with van der Waals surface area (Å²) in [6, 6.07) is 15.1. The number of carbonyl (C=O) groups is 2. The summed E-state index contributed by atoms with van der Waals surface area (Å²) in [4.78, 5) is 24.1. The minimum Gasteiger partial charge on any atom is -0.280 e. The molecule has 0 unspecified atom stereocenters. The van der Waals surface area contributed by atoms with Crippen LogP contribution in [-0.2, 0) is 10.0 Å². The van der Waals surface area contributed by atoms with Crippen molar-refractivity contribution in [1.29, 1.82) is 0 Å². The van der Waals surface area contributed by atoms with E-state index in [1.165, 1.54) is 49.4 Å². The van der Waals surface area contributed by atoms with Crippen molar-refractivity contribution in [3.05, 3.63) is 94.3 Å². The Hall–Kier alpha value is -3.43. The third-order valence-corrected chi connectivity index (χ3v) is 5.87. The van der Waals surface area contributed by atoms with Crippen molar-refractivity contribution in [2.75, 3.05) is 4.72 Å². The lowest BCUT2D eigenvalue weighted by Crippen LogP contribution is -2.41. The van der Waals surface area contributed by atoms with Gasteiger partial charge in [0.05, 0.1) is 4.90 Å². The topological polar surface area (TPSA) is 104 Å². The molecule has 7 nitrogen and oxygen atoms in total. The fourth-order valence-corrected chi connectivity index (χ4v) is 3.82. The van der Waals surface area contributed by atoms with Crippen molar-refractivity contribution >= 4 is 39.1 Å². The van der Waals surface area contributed by atoms with Gasteiger partial charge in [-0.05, 0) is 79.2 Å². The Kier molecular flexibility index (Phi) is 6.57. The van der Waals surface area contributed by atoms with Crippen LogP contribution in [0.3, 0.4) is 0 Å². The molecule has 3 rings (SSSR count). The first-order valence-electron chi connectivity index (χ1n) is 8.91. The Labute approximate surface area is 183 Å². The summed E-state index contributed by atoms with van der Waals surface area (Å²) < 4.78 is 40.6. The van der Waals surface area contributed by atoms with Crippen LogP contribution in [0.5, 0.6) is 0 Å². The molecule has 0 heterocycles. The van der Waals surface area contributed by atoms with Gasteiger partial charge in [-0.15, -0.1) is 0 Å². The zero-order valence-electron chi connectivity index (χ0n) is 16.1. The van der Waals surface area contributed by atoms with E-state index in [1.54, 1.807) is 12.1 Å². The maximum absolute atomic E-state index is 13.4. The van der Waals surface area contributed by atoms with Gasteiger partial charge in [0.1, 0.15) is 5.82 Å². The maximum Gasteiger partial charge on any atom is 0.269 e. The van der Waals surface area contributed by atoms with E-state index in [2.05, 4.69) is 15.6 Å². The number of hydrazine groups is 1. The molecule has 0 radical (unpaired) electrons. The number of halogens is 2. The molecular weight excluding hydrogens is 445 g/mol. The number of hydrogen-bond acceptors (Lipinski definition) is 4. The van der Waals surface area contributed by atoms with Crippen LogP contribution in [0.1, 0.15) is 26.3 Å². The van der Waals surface area contributed by atoms with Gasteiger partial charge in [-0.1, -0.05) is 11.6 Å². The molecule has 0 saturated carbocycles. The Morgan fingerprint density at radius 3 is 1.87 bits per heavy atom. The summed E-state index contributed by atoms with van der Waals surface area (Å²) in [6.45, 7) is 1.47. The largest absolute Gasteiger partial charge is 0.280 e. The van der Waals surface area contributed by atoms with Gasteiger partial charge in [-0.25, -0.2) is 12.8 Å². The van der Waals surface area contributed by atoms with Crippen LogP contribution in [-0.4, -0.2) is 20.2 Å². The summed E-state index contributed by atoms with van der Waals surface area (Å²) in [6.07, 6.45) is 0. The van der Waals surface area contributed by atoms with Crippen molar-refractivity contribution in [2.24, 2.45) is 0 Å². The summed E-state index contributed by atoms with van der Waals surface area (Å²) in [5.74, 6) is -1.62. The average Bonchev–Trinajstić information content (AvgIpc) is 2.74. The van der Waals surface area contributed by atoms with Gasteiger partial charge >= 0.3 is 0 Å². The number of benzene rings is 3. The summed E-state index contributed by atoms with van der Waals surface area (Å²) in [5, 5.41) is 0.478. The lowest BCUT2D eigenvalue weighted by molar-refractivity contribution is 0.0846. The zero-order valence-corrected chi connectivity index (χ0v) is 17.7. The smallest absolute Gasteiger partial charge is 0.269 e.